The van der Waals surface area contributed by atoms with Crippen molar-refractivity contribution in [3.63, 3.8) is 0 Å². The molecule has 5 aliphatic heterocycles. The molecular weight excluding hydrogens is 576 g/mol. The van der Waals surface area contributed by atoms with Gasteiger partial charge >= 0.3 is 0 Å². The van der Waals surface area contributed by atoms with Crippen molar-refractivity contribution in [2.75, 3.05) is 0 Å². The average Bonchev–Trinajstić information content (AvgIpc) is 3.89. The van der Waals surface area contributed by atoms with Gasteiger partial charge in [-0.3, -0.25) is 19.2 Å². The summed E-state index contributed by atoms with van der Waals surface area (Å²) in [5.41, 5.74) is 6.18. The largest absolute Gasteiger partial charge is 0.298 e. The van der Waals surface area contributed by atoms with Gasteiger partial charge in [0.1, 0.15) is 0 Å². The lowest BCUT2D eigenvalue weighted by Gasteiger charge is -2.09. The van der Waals surface area contributed by atoms with Crippen molar-refractivity contribution >= 4 is 47.0 Å². The van der Waals surface area contributed by atoms with Gasteiger partial charge in [0.15, 0.2) is 24.1 Å². The third kappa shape index (κ3) is 4.92. The summed E-state index contributed by atoms with van der Waals surface area (Å²) in [4.78, 5) is 71.7. The minimum atomic E-state index is -0.313. The summed E-state index contributed by atoms with van der Waals surface area (Å²) in [6, 6.07) is 14.3. The number of nitrogens with zero attached hydrogens (tertiary/aromatic N) is 4. The second-order valence-electron chi connectivity index (χ2n) is 11.1. The number of hydrogen-bond acceptors (Lipinski definition) is 8. The van der Waals surface area contributed by atoms with Gasteiger partial charge in [-0.15, -0.1) is 0 Å². The van der Waals surface area contributed by atoms with E-state index in [1.54, 1.807) is 72.9 Å². The van der Waals surface area contributed by atoms with E-state index in [1.807, 2.05) is 38.1 Å². The molecule has 0 aromatic heterocycles. The molecule has 8 heteroatoms. The maximum Gasteiger partial charge on any atom is 0.197 e. The quantitative estimate of drug-likeness (QED) is 0.306. The lowest BCUT2D eigenvalue weighted by atomic mass is 9.97. The average molecular weight is 601 g/mol. The topological polar surface area (TPSA) is 118 Å². The van der Waals surface area contributed by atoms with Crippen LogP contribution in [0.25, 0.3) is 0 Å². The zero-order valence-corrected chi connectivity index (χ0v) is 24.8. The van der Waals surface area contributed by atoms with E-state index in [9.17, 15) is 19.2 Å². The van der Waals surface area contributed by atoms with Crippen LogP contribution in [-0.4, -0.2) is 47.0 Å². The number of aliphatic imine (C=N–C) groups is 4. The first-order valence-electron chi connectivity index (χ1n) is 14.5. The van der Waals surface area contributed by atoms with Crippen LogP contribution in [0.3, 0.4) is 0 Å². The standard InChI is InChI=1S/C38H24N4O4/c1-21-3-7-23(8-4-21)37(45)35-31-15-11-27(39-31)25(19-43)29-13-17-33(41-29)36(38(46)24-9-5-22(2)6-10-24)34-18-14-30(42-34)26(20-44)28-12-16-32(35)40-28/h3-20H,1-2H3. The molecule has 5 heterocycles. The van der Waals surface area contributed by atoms with E-state index in [-0.39, 0.29) is 33.9 Å². The van der Waals surface area contributed by atoms with Gasteiger partial charge in [-0.25, -0.2) is 20.0 Å². The molecule has 5 aliphatic rings. The highest BCUT2D eigenvalue weighted by Gasteiger charge is 2.30. The minimum Gasteiger partial charge on any atom is -0.298 e. The van der Waals surface area contributed by atoms with Gasteiger partial charge in [0.2, 0.25) is 0 Å². The van der Waals surface area contributed by atoms with Crippen LogP contribution >= 0.6 is 0 Å². The first-order valence-corrected chi connectivity index (χ1v) is 14.5. The van der Waals surface area contributed by atoms with Gasteiger partial charge in [-0.2, -0.15) is 0 Å². The molecule has 0 atom stereocenters. The third-order valence-corrected chi connectivity index (χ3v) is 8.01. The number of Topliss-reactive ketones (excluding diaryl/α,β-unsaturated/α-hetero) is 2. The number of aryl methyl sites for hydroxylation is 2. The summed E-state index contributed by atoms with van der Waals surface area (Å²) in [5, 5.41) is 0. The Morgan fingerprint density at radius 1 is 0.457 bits per heavy atom. The highest BCUT2D eigenvalue weighted by atomic mass is 16.1. The van der Waals surface area contributed by atoms with Crippen LogP contribution in [-0.2, 0) is 9.59 Å². The van der Waals surface area contributed by atoms with Crippen molar-refractivity contribution in [1.82, 2.24) is 0 Å². The second-order valence-corrected chi connectivity index (χ2v) is 11.1. The van der Waals surface area contributed by atoms with Crippen molar-refractivity contribution in [2.24, 2.45) is 20.0 Å². The maximum absolute atomic E-state index is 14.0. The third-order valence-electron chi connectivity index (χ3n) is 8.01. The molecule has 0 fully saturated rings. The lowest BCUT2D eigenvalue weighted by Crippen LogP contribution is -2.14. The van der Waals surface area contributed by atoms with Crippen LogP contribution < -0.4 is 0 Å². The normalized spacial score (nSPS) is 18.0. The summed E-state index contributed by atoms with van der Waals surface area (Å²) >= 11 is 0. The molecule has 2 aromatic rings. The molecular formula is C38H24N4O4. The Bertz CT molecular complexity index is 2030. The number of allylic oxidation sites excluding steroid dienone is 12. The summed E-state index contributed by atoms with van der Waals surface area (Å²) < 4.78 is 0. The Kier molecular flexibility index (Phi) is 7.02. The number of hydrogen-bond donors (Lipinski definition) is 0. The monoisotopic (exact) mass is 600 g/mol. The van der Waals surface area contributed by atoms with Gasteiger partial charge in [-0.05, 0) is 62.5 Å². The Morgan fingerprint density at radius 2 is 0.783 bits per heavy atom. The van der Waals surface area contributed by atoms with E-state index in [4.69, 9.17) is 20.0 Å². The fourth-order valence-electron chi connectivity index (χ4n) is 5.54. The number of carbonyl (C=O) groups excluding carboxylic acids is 4. The van der Waals surface area contributed by atoms with Crippen molar-refractivity contribution < 1.29 is 19.2 Å². The Morgan fingerprint density at radius 3 is 1.15 bits per heavy atom. The smallest absolute Gasteiger partial charge is 0.197 e. The van der Waals surface area contributed by atoms with Crippen molar-refractivity contribution in [1.29, 1.82) is 0 Å². The predicted octanol–water partition coefficient (Wildman–Crippen LogP) is 5.84. The second kappa shape index (κ2) is 11.3. The summed E-state index contributed by atoms with van der Waals surface area (Å²) in [7, 11) is 0. The zero-order chi connectivity index (χ0) is 31.9. The van der Waals surface area contributed by atoms with Crippen molar-refractivity contribution in [3.05, 3.63) is 164 Å². The van der Waals surface area contributed by atoms with E-state index in [1.165, 1.54) is 0 Å². The van der Waals surface area contributed by atoms with Crippen LogP contribution in [0.2, 0.25) is 0 Å². The number of rotatable bonds is 6. The first kappa shape index (κ1) is 28.5. The molecule has 0 N–H and O–H groups in total. The number of fused-ring (bicyclic) bond motifs is 4. The Balaban J connectivity index is 1.47. The molecule has 0 spiro atoms. The van der Waals surface area contributed by atoms with Crippen molar-refractivity contribution in [2.45, 2.75) is 13.8 Å². The zero-order valence-electron chi connectivity index (χ0n) is 24.8. The molecule has 220 valence electrons. The van der Waals surface area contributed by atoms with E-state index in [2.05, 4.69) is 0 Å². The molecule has 0 unspecified atom stereocenters. The minimum absolute atomic E-state index is 0.192. The number of carbonyl (C=O) groups is 4. The lowest BCUT2D eigenvalue weighted by molar-refractivity contribution is -0.105. The molecule has 7 rings (SSSR count). The number of ketones is 2. The van der Waals surface area contributed by atoms with E-state index in [0.29, 0.717) is 69.3 Å². The summed E-state index contributed by atoms with van der Waals surface area (Å²) in [5.74, 6) is -0.626. The van der Waals surface area contributed by atoms with Gasteiger partial charge in [0.05, 0.1) is 67.9 Å². The molecule has 0 aliphatic carbocycles. The number of aldehydes is 2. The van der Waals surface area contributed by atoms with Gasteiger partial charge in [0.25, 0.3) is 0 Å². The summed E-state index contributed by atoms with van der Waals surface area (Å²) in [6.45, 7) is 3.87. The van der Waals surface area contributed by atoms with Crippen LogP contribution in [0, 0.1) is 13.8 Å². The molecule has 46 heavy (non-hydrogen) atoms. The molecule has 8 bridgehead atoms. The molecule has 8 nitrogen and oxygen atoms in total. The van der Waals surface area contributed by atoms with E-state index in [0.717, 1.165) is 11.1 Å². The van der Waals surface area contributed by atoms with E-state index < -0.39 is 0 Å². The highest BCUT2D eigenvalue weighted by molar-refractivity contribution is 6.36. The maximum atomic E-state index is 14.0. The molecule has 0 radical (unpaired) electrons. The van der Waals surface area contributed by atoms with Crippen LogP contribution in [0.15, 0.2) is 162 Å². The Hall–Kier alpha value is -6.28. The predicted molar refractivity (Wildman–Crippen MR) is 178 cm³/mol. The fraction of sp³-hybridized carbons (Fsp3) is 0.0526. The van der Waals surface area contributed by atoms with Crippen LogP contribution in [0.1, 0.15) is 31.8 Å². The van der Waals surface area contributed by atoms with Crippen LogP contribution in [0.4, 0.5) is 0 Å². The Labute approximate surface area is 264 Å². The van der Waals surface area contributed by atoms with Gasteiger partial charge in [0, 0.05) is 11.1 Å². The summed E-state index contributed by atoms with van der Waals surface area (Å²) in [6.07, 6.45) is 14.5. The molecule has 0 saturated carbocycles. The molecule has 0 saturated heterocycles. The number of benzene rings is 2. The first-order chi connectivity index (χ1) is 22.3. The molecule has 0 amide bonds. The van der Waals surface area contributed by atoms with Gasteiger partial charge < -0.3 is 0 Å². The molecule has 2 aromatic carbocycles. The van der Waals surface area contributed by atoms with Crippen LogP contribution in [0.5, 0.6) is 0 Å². The van der Waals surface area contributed by atoms with Gasteiger partial charge in [-0.1, -0.05) is 59.7 Å². The highest BCUT2D eigenvalue weighted by Crippen LogP contribution is 2.31. The van der Waals surface area contributed by atoms with Crippen molar-refractivity contribution in [3.8, 4) is 0 Å². The fourth-order valence-corrected chi connectivity index (χ4v) is 5.54. The van der Waals surface area contributed by atoms with E-state index >= 15 is 0 Å². The SMILES string of the molecule is Cc1ccc(C(=O)C2=C3C=CC(=N3)C(C=O)=C3C=CC(=N3)C(C(=O)c3ccc(C)cc3)=C3C=CC(=N3)C(C=O)=C3C=CC2=N3)cc1.